The lowest BCUT2D eigenvalue weighted by Crippen LogP contribution is -2.45. The molecule has 16 heavy (non-hydrogen) atoms. The summed E-state index contributed by atoms with van der Waals surface area (Å²) in [6, 6.07) is 2.80. The van der Waals surface area contributed by atoms with Crippen molar-refractivity contribution in [3.63, 3.8) is 0 Å². The number of nitrogens with two attached hydrogens (primary N) is 1. The van der Waals surface area contributed by atoms with E-state index in [1.807, 2.05) is 0 Å². The lowest BCUT2D eigenvalue weighted by Gasteiger charge is -2.21. The molecule has 0 spiro atoms. The molecule has 1 rings (SSSR count). The van der Waals surface area contributed by atoms with Crippen LogP contribution in [0.4, 0.5) is 8.78 Å². The van der Waals surface area contributed by atoms with E-state index in [0.717, 1.165) is 19.2 Å². The predicted octanol–water partition coefficient (Wildman–Crippen LogP) is 1.93. The van der Waals surface area contributed by atoms with Crippen LogP contribution >= 0.6 is 11.6 Å². The Hall–Kier alpha value is -1.20. The molecular weight excluding hydrogens is 240 g/mol. The summed E-state index contributed by atoms with van der Waals surface area (Å²) < 4.78 is 31.5. The van der Waals surface area contributed by atoms with Crippen LogP contribution in [-0.2, 0) is 15.5 Å². The maximum atomic E-state index is 13.6. The van der Waals surface area contributed by atoms with E-state index < -0.39 is 17.9 Å². The number of alkyl halides is 2. The summed E-state index contributed by atoms with van der Waals surface area (Å²) in [7, 11) is 1.00. The topological polar surface area (TPSA) is 52.3 Å². The number of carbonyl (C=O) groups excluding carboxylic acids is 1. The minimum atomic E-state index is -3.49. The van der Waals surface area contributed by atoms with Gasteiger partial charge in [-0.05, 0) is 12.1 Å². The first-order chi connectivity index (χ1) is 7.39. The molecule has 0 saturated carbocycles. The molecule has 0 aliphatic carbocycles. The molecule has 1 unspecified atom stereocenters. The van der Waals surface area contributed by atoms with E-state index in [0.29, 0.717) is 5.02 Å². The third-order valence-electron chi connectivity index (χ3n) is 2.07. The smallest absolute Gasteiger partial charge is 0.329 e. The summed E-state index contributed by atoms with van der Waals surface area (Å²) in [6.07, 6.45) is 0. The molecule has 2 N–H and O–H groups in total. The zero-order valence-electron chi connectivity index (χ0n) is 8.41. The summed E-state index contributed by atoms with van der Waals surface area (Å²) in [5.41, 5.74) is 4.74. The lowest BCUT2D eigenvalue weighted by molar-refractivity contribution is -0.153. The monoisotopic (exact) mass is 249 g/mol. The van der Waals surface area contributed by atoms with Gasteiger partial charge in [0.25, 0.3) is 5.92 Å². The Morgan fingerprint density at radius 3 is 2.38 bits per heavy atom. The van der Waals surface area contributed by atoms with Crippen LogP contribution in [0.15, 0.2) is 24.3 Å². The molecule has 0 aliphatic heterocycles. The molecule has 1 aromatic rings. The number of benzene rings is 1. The molecule has 0 bridgehead atoms. The average molecular weight is 250 g/mol. The van der Waals surface area contributed by atoms with Gasteiger partial charge in [-0.3, -0.25) is 4.79 Å². The molecular formula is C10H10ClF2NO2. The number of hydrogen-bond acceptors (Lipinski definition) is 3. The fraction of sp³-hybridized carbons (Fsp3) is 0.300. The van der Waals surface area contributed by atoms with Crippen molar-refractivity contribution in [2.75, 3.05) is 7.11 Å². The summed E-state index contributed by atoms with van der Waals surface area (Å²) in [6.45, 7) is 0. The molecule has 3 nitrogen and oxygen atoms in total. The molecule has 0 aromatic heterocycles. The number of esters is 1. The van der Waals surface area contributed by atoms with E-state index in [1.165, 1.54) is 12.1 Å². The van der Waals surface area contributed by atoms with Gasteiger partial charge in [-0.25, -0.2) is 0 Å². The number of hydrogen-bond donors (Lipinski definition) is 1. The van der Waals surface area contributed by atoms with Gasteiger partial charge in [-0.2, -0.15) is 8.78 Å². The van der Waals surface area contributed by atoms with E-state index >= 15 is 0 Å². The normalized spacial score (nSPS) is 13.3. The lowest BCUT2D eigenvalue weighted by atomic mass is 10.0. The van der Waals surface area contributed by atoms with Gasteiger partial charge < -0.3 is 10.5 Å². The van der Waals surface area contributed by atoms with Gasteiger partial charge in [0, 0.05) is 10.6 Å². The fourth-order valence-electron chi connectivity index (χ4n) is 1.13. The number of carbonyl (C=O) groups is 1. The first-order valence-electron chi connectivity index (χ1n) is 4.37. The van der Waals surface area contributed by atoms with Crippen LogP contribution in [0.2, 0.25) is 5.02 Å². The maximum absolute atomic E-state index is 13.6. The summed E-state index contributed by atoms with van der Waals surface area (Å²) in [5, 5.41) is 0.325. The molecule has 0 heterocycles. The highest BCUT2D eigenvalue weighted by molar-refractivity contribution is 6.30. The standard InChI is InChI=1S/C10H10ClF2NO2/c1-16-9(15)8(14)10(12,13)6-2-4-7(11)5-3-6/h2-5,8H,14H2,1H3. The largest absolute Gasteiger partial charge is 0.468 e. The highest BCUT2D eigenvalue weighted by atomic mass is 35.5. The Bertz CT molecular complexity index is 381. The molecule has 6 heteroatoms. The molecule has 88 valence electrons. The van der Waals surface area contributed by atoms with Gasteiger partial charge >= 0.3 is 5.97 Å². The quantitative estimate of drug-likeness (QED) is 0.833. The van der Waals surface area contributed by atoms with Crippen molar-refractivity contribution in [2.45, 2.75) is 12.0 Å². The van der Waals surface area contributed by atoms with Gasteiger partial charge in [-0.15, -0.1) is 0 Å². The predicted molar refractivity (Wildman–Crippen MR) is 55.3 cm³/mol. The molecule has 1 aromatic carbocycles. The molecule has 0 amide bonds. The summed E-state index contributed by atoms with van der Waals surface area (Å²) in [5.74, 6) is -4.66. The molecule has 0 radical (unpaired) electrons. The van der Waals surface area contributed by atoms with E-state index in [2.05, 4.69) is 4.74 Å². The van der Waals surface area contributed by atoms with Crippen molar-refractivity contribution in [1.82, 2.24) is 0 Å². The Morgan fingerprint density at radius 2 is 1.94 bits per heavy atom. The number of methoxy groups -OCH3 is 1. The van der Waals surface area contributed by atoms with Crippen LogP contribution < -0.4 is 5.73 Å². The summed E-state index contributed by atoms with van der Waals surface area (Å²) in [4.78, 5) is 10.9. The van der Waals surface area contributed by atoms with Crippen LogP contribution in [0.5, 0.6) is 0 Å². The van der Waals surface area contributed by atoms with Crippen molar-refractivity contribution in [3.8, 4) is 0 Å². The van der Waals surface area contributed by atoms with E-state index in [4.69, 9.17) is 17.3 Å². The van der Waals surface area contributed by atoms with Crippen LogP contribution in [0, 0.1) is 0 Å². The number of halogens is 3. The molecule has 1 atom stereocenters. The minimum Gasteiger partial charge on any atom is -0.468 e. The Morgan fingerprint density at radius 1 is 1.44 bits per heavy atom. The van der Waals surface area contributed by atoms with Crippen molar-refractivity contribution in [3.05, 3.63) is 34.9 Å². The van der Waals surface area contributed by atoms with Crippen LogP contribution in [0.3, 0.4) is 0 Å². The SMILES string of the molecule is COC(=O)C(N)C(F)(F)c1ccc(Cl)cc1. The van der Waals surface area contributed by atoms with Crippen LogP contribution in [-0.4, -0.2) is 19.1 Å². The van der Waals surface area contributed by atoms with Crippen LogP contribution in [0.1, 0.15) is 5.56 Å². The highest BCUT2D eigenvalue weighted by Crippen LogP contribution is 2.31. The van der Waals surface area contributed by atoms with Crippen molar-refractivity contribution >= 4 is 17.6 Å². The average Bonchev–Trinajstić information content (AvgIpc) is 2.27. The third kappa shape index (κ3) is 2.48. The van der Waals surface area contributed by atoms with Gasteiger partial charge in [0.05, 0.1) is 7.11 Å². The van der Waals surface area contributed by atoms with Gasteiger partial charge in [-0.1, -0.05) is 23.7 Å². The van der Waals surface area contributed by atoms with E-state index in [1.54, 1.807) is 0 Å². The van der Waals surface area contributed by atoms with Crippen LogP contribution in [0.25, 0.3) is 0 Å². The second-order valence-corrected chi connectivity index (χ2v) is 3.57. The van der Waals surface area contributed by atoms with Crippen molar-refractivity contribution in [2.24, 2.45) is 5.73 Å². The minimum absolute atomic E-state index is 0.325. The second kappa shape index (κ2) is 4.76. The maximum Gasteiger partial charge on any atom is 0.329 e. The highest BCUT2D eigenvalue weighted by Gasteiger charge is 2.44. The zero-order chi connectivity index (χ0) is 12.3. The van der Waals surface area contributed by atoms with E-state index in [-0.39, 0.29) is 5.56 Å². The van der Waals surface area contributed by atoms with Gasteiger partial charge in [0.1, 0.15) is 0 Å². The van der Waals surface area contributed by atoms with Gasteiger partial charge in [0.2, 0.25) is 0 Å². The second-order valence-electron chi connectivity index (χ2n) is 3.13. The first-order valence-corrected chi connectivity index (χ1v) is 4.74. The Labute approximate surface area is 96.1 Å². The van der Waals surface area contributed by atoms with Crippen molar-refractivity contribution < 1.29 is 18.3 Å². The number of rotatable bonds is 3. The fourth-order valence-corrected chi connectivity index (χ4v) is 1.25. The van der Waals surface area contributed by atoms with Crippen molar-refractivity contribution in [1.29, 1.82) is 0 Å². The number of ether oxygens (including phenoxy) is 1. The zero-order valence-corrected chi connectivity index (χ0v) is 9.17. The molecule has 0 aliphatic rings. The van der Waals surface area contributed by atoms with Gasteiger partial charge in [0.15, 0.2) is 6.04 Å². The summed E-state index contributed by atoms with van der Waals surface area (Å²) >= 11 is 5.56. The first kappa shape index (κ1) is 12.9. The Balaban J connectivity index is 3.01. The Kier molecular flexibility index (Phi) is 3.83. The third-order valence-corrected chi connectivity index (χ3v) is 2.33. The molecule has 0 fully saturated rings. The molecule has 0 saturated heterocycles. The van der Waals surface area contributed by atoms with E-state index in [9.17, 15) is 13.6 Å².